The fraction of sp³-hybridized carbons (Fsp3) is 0.682. The monoisotopic (exact) mass is 372 g/mol. The lowest BCUT2D eigenvalue weighted by Crippen LogP contribution is -2.53. The molecule has 1 heterocycles. The fourth-order valence-corrected chi connectivity index (χ4v) is 4.80. The lowest BCUT2D eigenvalue weighted by Gasteiger charge is -2.37. The Morgan fingerprint density at radius 2 is 2.22 bits per heavy atom. The van der Waals surface area contributed by atoms with E-state index in [0.717, 1.165) is 55.6 Å². The highest BCUT2D eigenvalue weighted by Crippen LogP contribution is 2.48. The third kappa shape index (κ3) is 3.66. The number of hydrogen-bond donors (Lipinski definition) is 2. The smallest absolute Gasteiger partial charge is 0.225 e. The highest BCUT2D eigenvalue weighted by molar-refractivity contribution is 5.81. The van der Waals surface area contributed by atoms with Crippen LogP contribution in [0, 0.1) is 5.92 Å². The molecule has 5 heteroatoms. The maximum absolute atomic E-state index is 12.8. The number of nitrogens with two attached hydrogens (primary N) is 1. The Morgan fingerprint density at radius 1 is 1.41 bits per heavy atom. The van der Waals surface area contributed by atoms with Crippen molar-refractivity contribution >= 4 is 5.91 Å². The Morgan fingerprint density at radius 3 is 2.96 bits per heavy atom. The second-order valence-electron chi connectivity index (χ2n) is 8.82. The van der Waals surface area contributed by atoms with Crippen LogP contribution in [-0.4, -0.2) is 30.2 Å². The number of carbonyl (C=O) groups excluding carboxylic acids is 1. The van der Waals surface area contributed by atoms with Gasteiger partial charge in [-0.05, 0) is 52.2 Å². The minimum atomic E-state index is -0.388. The molecule has 0 bridgehead atoms. The normalized spacial score (nSPS) is 34.5. The van der Waals surface area contributed by atoms with Gasteiger partial charge in [-0.25, -0.2) is 0 Å². The molecular formula is C22H32N2O3. The molecule has 1 amide bonds. The summed E-state index contributed by atoms with van der Waals surface area (Å²) in [6.45, 7) is 6.76. The summed E-state index contributed by atoms with van der Waals surface area (Å²) < 4.78 is 11.9. The summed E-state index contributed by atoms with van der Waals surface area (Å²) >= 11 is 0. The van der Waals surface area contributed by atoms with Crippen LogP contribution >= 0.6 is 0 Å². The molecule has 27 heavy (non-hydrogen) atoms. The van der Waals surface area contributed by atoms with E-state index in [1.807, 2.05) is 13.8 Å². The summed E-state index contributed by atoms with van der Waals surface area (Å²) in [4.78, 5) is 12.8. The minimum absolute atomic E-state index is 0.0805. The molecule has 0 aromatic heterocycles. The first kappa shape index (κ1) is 18.6. The van der Waals surface area contributed by atoms with E-state index in [2.05, 4.69) is 24.4 Å². The van der Waals surface area contributed by atoms with Crippen LogP contribution in [0.5, 0.6) is 11.5 Å². The molecule has 4 rings (SSSR count). The van der Waals surface area contributed by atoms with E-state index >= 15 is 0 Å². The predicted octanol–water partition coefficient (Wildman–Crippen LogP) is 3.29. The zero-order valence-electron chi connectivity index (χ0n) is 16.7. The average molecular weight is 373 g/mol. The number of benzene rings is 1. The van der Waals surface area contributed by atoms with Crippen molar-refractivity contribution in [3.8, 4) is 11.5 Å². The first-order valence-corrected chi connectivity index (χ1v) is 10.4. The molecule has 5 atom stereocenters. The first-order valence-electron chi connectivity index (χ1n) is 10.4. The summed E-state index contributed by atoms with van der Waals surface area (Å²) in [5, 5.41) is 3.26. The van der Waals surface area contributed by atoms with Gasteiger partial charge < -0.3 is 20.5 Å². The molecule has 0 saturated heterocycles. The largest absolute Gasteiger partial charge is 0.494 e. The standard InChI is InChI=1S/C22H32N2O3/c1-4-26-20-10-14-9-13(2)27-19(14)12-16(20)15-11-18(15)24-21(25)17-7-5-6-8-22(17,3)23/h10,12-13,15,17-18H,4-9,11,23H2,1-3H3,(H,24,25). The number of rotatable bonds is 5. The van der Waals surface area contributed by atoms with E-state index in [-0.39, 0.29) is 29.5 Å². The van der Waals surface area contributed by atoms with Crippen molar-refractivity contribution in [2.24, 2.45) is 11.7 Å². The average Bonchev–Trinajstić information content (AvgIpc) is 3.25. The molecule has 2 aliphatic carbocycles. The van der Waals surface area contributed by atoms with Gasteiger partial charge >= 0.3 is 0 Å². The highest BCUT2D eigenvalue weighted by Gasteiger charge is 2.45. The molecule has 2 fully saturated rings. The first-order chi connectivity index (χ1) is 12.9. The minimum Gasteiger partial charge on any atom is -0.494 e. The van der Waals surface area contributed by atoms with E-state index in [9.17, 15) is 4.79 Å². The second-order valence-corrected chi connectivity index (χ2v) is 8.82. The van der Waals surface area contributed by atoms with Crippen LogP contribution in [0.1, 0.15) is 69.9 Å². The van der Waals surface area contributed by atoms with Crippen molar-refractivity contribution < 1.29 is 14.3 Å². The molecule has 2 saturated carbocycles. The summed E-state index contributed by atoms with van der Waals surface area (Å²) in [5.74, 6) is 2.25. The Bertz CT molecular complexity index is 731. The number of hydrogen-bond acceptors (Lipinski definition) is 4. The van der Waals surface area contributed by atoms with Gasteiger partial charge in [-0.1, -0.05) is 12.8 Å². The van der Waals surface area contributed by atoms with Crippen LogP contribution < -0.4 is 20.5 Å². The number of nitrogens with one attached hydrogen (secondary N) is 1. The SMILES string of the molecule is CCOc1cc2c(cc1C1CC1NC(=O)C1CCCCC1(C)N)OC(C)C2. The zero-order valence-corrected chi connectivity index (χ0v) is 16.7. The van der Waals surface area contributed by atoms with Crippen LogP contribution in [0.25, 0.3) is 0 Å². The van der Waals surface area contributed by atoms with Crippen molar-refractivity contribution in [1.82, 2.24) is 5.32 Å². The van der Waals surface area contributed by atoms with Gasteiger partial charge in [-0.15, -0.1) is 0 Å². The van der Waals surface area contributed by atoms with E-state index in [0.29, 0.717) is 12.5 Å². The number of ether oxygens (including phenoxy) is 2. The Balaban J connectivity index is 1.47. The lowest BCUT2D eigenvalue weighted by atomic mass is 9.74. The van der Waals surface area contributed by atoms with Gasteiger partial charge in [0.25, 0.3) is 0 Å². The van der Waals surface area contributed by atoms with Gasteiger partial charge in [0.15, 0.2) is 0 Å². The van der Waals surface area contributed by atoms with Crippen molar-refractivity contribution in [1.29, 1.82) is 0 Å². The molecule has 3 aliphatic rings. The Hall–Kier alpha value is -1.75. The Kier molecular flexibility index (Phi) is 4.83. The number of amides is 1. The van der Waals surface area contributed by atoms with Gasteiger partial charge in [-0.3, -0.25) is 4.79 Å². The van der Waals surface area contributed by atoms with Gasteiger partial charge in [-0.2, -0.15) is 0 Å². The Labute approximate surface area is 162 Å². The number of fused-ring (bicyclic) bond motifs is 1. The molecule has 1 aliphatic heterocycles. The predicted molar refractivity (Wildman–Crippen MR) is 105 cm³/mol. The summed E-state index contributed by atoms with van der Waals surface area (Å²) in [6.07, 6.45) is 6.12. The van der Waals surface area contributed by atoms with Crippen molar-refractivity contribution in [2.75, 3.05) is 6.61 Å². The molecule has 5 nitrogen and oxygen atoms in total. The van der Waals surface area contributed by atoms with Crippen molar-refractivity contribution in [2.45, 2.75) is 82.9 Å². The molecule has 1 aromatic rings. The summed E-state index contributed by atoms with van der Waals surface area (Å²) in [7, 11) is 0. The molecular weight excluding hydrogens is 340 g/mol. The molecule has 1 aromatic carbocycles. The highest BCUT2D eigenvalue weighted by atomic mass is 16.5. The quantitative estimate of drug-likeness (QED) is 0.832. The van der Waals surface area contributed by atoms with Gasteiger partial charge in [0.05, 0.1) is 12.5 Å². The van der Waals surface area contributed by atoms with Crippen LogP contribution in [0.2, 0.25) is 0 Å². The van der Waals surface area contributed by atoms with Gasteiger partial charge in [0.2, 0.25) is 5.91 Å². The fourth-order valence-electron chi connectivity index (χ4n) is 4.80. The van der Waals surface area contributed by atoms with Crippen LogP contribution in [0.4, 0.5) is 0 Å². The lowest BCUT2D eigenvalue weighted by molar-refractivity contribution is -0.128. The van der Waals surface area contributed by atoms with Gasteiger partial charge in [0, 0.05) is 35.0 Å². The maximum Gasteiger partial charge on any atom is 0.225 e. The van der Waals surface area contributed by atoms with Crippen molar-refractivity contribution in [3.05, 3.63) is 23.3 Å². The zero-order chi connectivity index (χ0) is 19.2. The second kappa shape index (κ2) is 7.01. The molecule has 0 radical (unpaired) electrons. The van der Waals surface area contributed by atoms with E-state index < -0.39 is 0 Å². The maximum atomic E-state index is 12.8. The molecule has 3 N–H and O–H groups in total. The molecule has 5 unspecified atom stereocenters. The third-order valence-electron chi connectivity index (χ3n) is 6.42. The van der Waals surface area contributed by atoms with Crippen molar-refractivity contribution in [3.63, 3.8) is 0 Å². The third-order valence-corrected chi connectivity index (χ3v) is 6.42. The van der Waals surface area contributed by atoms with E-state index in [4.69, 9.17) is 15.2 Å². The van der Waals surface area contributed by atoms with Crippen LogP contribution in [0.3, 0.4) is 0 Å². The van der Waals surface area contributed by atoms with Gasteiger partial charge in [0.1, 0.15) is 17.6 Å². The van der Waals surface area contributed by atoms with Crippen LogP contribution in [-0.2, 0) is 11.2 Å². The summed E-state index contributed by atoms with van der Waals surface area (Å²) in [5.41, 5.74) is 8.40. The molecule has 148 valence electrons. The number of carbonyl (C=O) groups is 1. The van der Waals surface area contributed by atoms with E-state index in [1.54, 1.807) is 0 Å². The summed E-state index contributed by atoms with van der Waals surface area (Å²) in [6, 6.07) is 4.44. The molecule has 0 spiro atoms. The topological polar surface area (TPSA) is 73.6 Å². The van der Waals surface area contributed by atoms with E-state index in [1.165, 1.54) is 5.56 Å². The van der Waals surface area contributed by atoms with Crippen LogP contribution in [0.15, 0.2) is 12.1 Å².